The van der Waals surface area contributed by atoms with Crippen LogP contribution in [-0.4, -0.2) is 18.7 Å². The van der Waals surface area contributed by atoms with E-state index in [-0.39, 0.29) is 0 Å². The van der Waals surface area contributed by atoms with E-state index in [1.807, 2.05) is 33.0 Å². The van der Waals surface area contributed by atoms with Gasteiger partial charge in [0.25, 0.3) is 0 Å². The third-order valence-corrected chi connectivity index (χ3v) is 2.30. The Kier molecular flexibility index (Phi) is 3.67. The van der Waals surface area contributed by atoms with Gasteiger partial charge in [-0.05, 0) is 45.0 Å². The van der Waals surface area contributed by atoms with Crippen molar-refractivity contribution < 1.29 is 5.11 Å². The highest BCUT2D eigenvalue weighted by Gasteiger charge is 2.15. The zero-order chi connectivity index (χ0) is 10.6. The molecule has 0 fully saturated rings. The van der Waals surface area contributed by atoms with Gasteiger partial charge in [-0.1, -0.05) is 24.3 Å². The van der Waals surface area contributed by atoms with E-state index >= 15 is 0 Å². The molecule has 2 nitrogen and oxygen atoms in total. The second kappa shape index (κ2) is 4.58. The molecule has 2 N–H and O–H groups in total. The Morgan fingerprint density at radius 2 is 2.07 bits per heavy atom. The van der Waals surface area contributed by atoms with Crippen molar-refractivity contribution >= 4 is 0 Å². The first-order valence-electron chi connectivity index (χ1n) is 5.00. The lowest BCUT2D eigenvalue weighted by molar-refractivity contribution is 0.0785. The summed E-state index contributed by atoms with van der Waals surface area (Å²) in [5.74, 6) is 0. The standard InChI is InChI=1S/C12H19NO/c1-12(2,14)11-6-4-5-10(9-11)7-8-13-3/h4-6,9,13-14H,7-8H2,1-3H3. The van der Waals surface area contributed by atoms with Gasteiger partial charge < -0.3 is 10.4 Å². The topological polar surface area (TPSA) is 32.3 Å². The van der Waals surface area contributed by atoms with Gasteiger partial charge in [-0.25, -0.2) is 0 Å². The first kappa shape index (κ1) is 11.2. The molecule has 1 aromatic carbocycles. The number of nitrogens with one attached hydrogen (secondary N) is 1. The molecule has 0 atom stereocenters. The second-order valence-electron chi connectivity index (χ2n) is 4.11. The molecule has 1 aromatic rings. The van der Waals surface area contributed by atoms with E-state index in [1.165, 1.54) is 5.56 Å². The maximum absolute atomic E-state index is 9.82. The molecule has 0 heterocycles. The molecule has 0 aromatic heterocycles. The predicted molar refractivity (Wildman–Crippen MR) is 59.3 cm³/mol. The van der Waals surface area contributed by atoms with Crippen molar-refractivity contribution in [3.05, 3.63) is 35.4 Å². The molecule has 0 unspecified atom stereocenters. The van der Waals surface area contributed by atoms with Crippen LogP contribution in [-0.2, 0) is 12.0 Å². The van der Waals surface area contributed by atoms with Crippen LogP contribution in [0.5, 0.6) is 0 Å². The van der Waals surface area contributed by atoms with Gasteiger partial charge >= 0.3 is 0 Å². The van der Waals surface area contributed by atoms with E-state index in [0.29, 0.717) is 0 Å². The Bertz CT molecular complexity index is 289. The summed E-state index contributed by atoms with van der Waals surface area (Å²) in [5.41, 5.74) is 1.50. The molecule has 0 aliphatic rings. The fourth-order valence-corrected chi connectivity index (χ4v) is 1.38. The van der Waals surface area contributed by atoms with Gasteiger partial charge in [0, 0.05) is 0 Å². The first-order chi connectivity index (χ1) is 6.54. The zero-order valence-electron chi connectivity index (χ0n) is 9.17. The van der Waals surface area contributed by atoms with Crippen LogP contribution in [0.15, 0.2) is 24.3 Å². The summed E-state index contributed by atoms with van der Waals surface area (Å²) < 4.78 is 0. The lowest BCUT2D eigenvalue weighted by Gasteiger charge is -2.18. The van der Waals surface area contributed by atoms with Gasteiger partial charge in [0.05, 0.1) is 5.60 Å². The van der Waals surface area contributed by atoms with E-state index in [4.69, 9.17) is 0 Å². The summed E-state index contributed by atoms with van der Waals surface area (Å²) in [4.78, 5) is 0. The predicted octanol–water partition coefficient (Wildman–Crippen LogP) is 1.68. The first-order valence-corrected chi connectivity index (χ1v) is 5.00. The van der Waals surface area contributed by atoms with Crippen molar-refractivity contribution in [3.8, 4) is 0 Å². The summed E-state index contributed by atoms with van der Waals surface area (Å²) in [6, 6.07) is 8.12. The number of rotatable bonds is 4. The third-order valence-electron chi connectivity index (χ3n) is 2.30. The van der Waals surface area contributed by atoms with Crippen molar-refractivity contribution in [3.63, 3.8) is 0 Å². The highest BCUT2D eigenvalue weighted by Crippen LogP contribution is 2.20. The van der Waals surface area contributed by atoms with Crippen molar-refractivity contribution in [1.29, 1.82) is 0 Å². The molecule has 0 aliphatic heterocycles. The monoisotopic (exact) mass is 193 g/mol. The van der Waals surface area contributed by atoms with Gasteiger partial charge in [-0.2, -0.15) is 0 Å². The number of hydrogen-bond acceptors (Lipinski definition) is 2. The Morgan fingerprint density at radius 1 is 1.36 bits per heavy atom. The molecule has 1 rings (SSSR count). The molecule has 14 heavy (non-hydrogen) atoms. The molecule has 0 amide bonds. The average molecular weight is 193 g/mol. The van der Waals surface area contributed by atoms with Crippen LogP contribution in [0.3, 0.4) is 0 Å². The number of aliphatic hydroxyl groups is 1. The van der Waals surface area contributed by atoms with E-state index in [2.05, 4.69) is 17.4 Å². The number of benzene rings is 1. The van der Waals surface area contributed by atoms with Crippen LogP contribution < -0.4 is 5.32 Å². The average Bonchev–Trinajstić information content (AvgIpc) is 2.14. The minimum Gasteiger partial charge on any atom is -0.386 e. The molecule has 0 bridgehead atoms. The van der Waals surface area contributed by atoms with Crippen molar-refractivity contribution in [1.82, 2.24) is 5.32 Å². The molecule has 0 spiro atoms. The van der Waals surface area contributed by atoms with Crippen LogP contribution in [0.25, 0.3) is 0 Å². The molecule has 78 valence electrons. The van der Waals surface area contributed by atoms with Crippen LogP contribution in [0, 0.1) is 0 Å². The van der Waals surface area contributed by atoms with Gasteiger partial charge in [0.1, 0.15) is 0 Å². The number of likely N-dealkylation sites (N-methyl/N-ethyl adjacent to an activating group) is 1. The lowest BCUT2D eigenvalue weighted by atomic mass is 9.96. The van der Waals surface area contributed by atoms with Crippen LogP contribution in [0.1, 0.15) is 25.0 Å². The fraction of sp³-hybridized carbons (Fsp3) is 0.500. The summed E-state index contributed by atoms with van der Waals surface area (Å²) in [7, 11) is 1.94. The highest BCUT2D eigenvalue weighted by atomic mass is 16.3. The molecule has 0 aliphatic carbocycles. The van der Waals surface area contributed by atoms with E-state index in [0.717, 1.165) is 18.5 Å². The molecule has 0 saturated heterocycles. The van der Waals surface area contributed by atoms with Gasteiger partial charge in [0.2, 0.25) is 0 Å². The smallest absolute Gasteiger partial charge is 0.0840 e. The summed E-state index contributed by atoms with van der Waals surface area (Å²) in [5, 5.41) is 12.9. The van der Waals surface area contributed by atoms with Crippen molar-refractivity contribution in [2.75, 3.05) is 13.6 Å². The van der Waals surface area contributed by atoms with E-state index in [9.17, 15) is 5.11 Å². The van der Waals surface area contributed by atoms with Gasteiger partial charge in [0.15, 0.2) is 0 Å². The van der Waals surface area contributed by atoms with Gasteiger partial charge in [-0.3, -0.25) is 0 Å². The minimum atomic E-state index is -0.740. The summed E-state index contributed by atoms with van der Waals surface area (Å²) in [6.07, 6.45) is 1.00. The largest absolute Gasteiger partial charge is 0.386 e. The number of hydrogen-bond donors (Lipinski definition) is 2. The summed E-state index contributed by atoms with van der Waals surface area (Å²) in [6.45, 7) is 4.59. The Balaban J connectivity index is 2.79. The van der Waals surface area contributed by atoms with Crippen molar-refractivity contribution in [2.24, 2.45) is 0 Å². The zero-order valence-corrected chi connectivity index (χ0v) is 9.17. The van der Waals surface area contributed by atoms with Crippen LogP contribution >= 0.6 is 0 Å². The molecular weight excluding hydrogens is 174 g/mol. The van der Waals surface area contributed by atoms with E-state index < -0.39 is 5.60 Å². The Labute approximate surface area is 86.0 Å². The fourth-order valence-electron chi connectivity index (χ4n) is 1.38. The Morgan fingerprint density at radius 3 is 2.64 bits per heavy atom. The van der Waals surface area contributed by atoms with Crippen molar-refractivity contribution in [2.45, 2.75) is 25.9 Å². The van der Waals surface area contributed by atoms with Crippen LogP contribution in [0.4, 0.5) is 0 Å². The normalized spacial score (nSPS) is 11.7. The Hall–Kier alpha value is -0.860. The minimum absolute atomic E-state index is 0.740. The maximum Gasteiger partial charge on any atom is 0.0840 e. The molecule has 2 heteroatoms. The third kappa shape index (κ3) is 3.13. The lowest BCUT2D eigenvalue weighted by Crippen LogP contribution is -2.16. The van der Waals surface area contributed by atoms with Crippen LogP contribution in [0.2, 0.25) is 0 Å². The molecular formula is C12H19NO. The quantitative estimate of drug-likeness (QED) is 0.762. The highest BCUT2D eigenvalue weighted by molar-refractivity contribution is 5.27. The maximum atomic E-state index is 9.82. The summed E-state index contributed by atoms with van der Waals surface area (Å²) >= 11 is 0. The molecule has 0 saturated carbocycles. The van der Waals surface area contributed by atoms with Gasteiger partial charge in [-0.15, -0.1) is 0 Å². The second-order valence-corrected chi connectivity index (χ2v) is 4.11. The SMILES string of the molecule is CNCCc1cccc(C(C)(C)O)c1. The molecule has 0 radical (unpaired) electrons. The van der Waals surface area contributed by atoms with E-state index in [1.54, 1.807) is 0 Å².